The summed E-state index contributed by atoms with van der Waals surface area (Å²) in [6.45, 7) is 0. The lowest BCUT2D eigenvalue weighted by Gasteiger charge is -2.09. The van der Waals surface area contributed by atoms with E-state index in [1.165, 1.54) is 16.7 Å². The molecule has 2 N–H and O–H groups in total. The third-order valence-electron chi connectivity index (χ3n) is 4.21. The monoisotopic (exact) mass is 392 g/mol. The van der Waals surface area contributed by atoms with E-state index in [0.29, 0.717) is 16.9 Å². The van der Waals surface area contributed by atoms with Crippen molar-refractivity contribution in [2.75, 3.05) is 10.6 Å². The van der Waals surface area contributed by atoms with E-state index in [9.17, 15) is 18.4 Å². The van der Waals surface area contributed by atoms with Gasteiger partial charge in [0.15, 0.2) is 11.6 Å². The van der Waals surface area contributed by atoms with Crippen LogP contribution in [0.4, 0.5) is 25.0 Å². The molecule has 4 rings (SSSR count). The summed E-state index contributed by atoms with van der Waals surface area (Å²) in [6.07, 6.45) is 3.24. The number of nitrogens with zero attached hydrogens (tertiary/aromatic N) is 2. The normalized spacial score (nSPS) is 10.7. The smallest absolute Gasteiger partial charge is 0.308 e. The fraction of sp³-hybridized carbons (Fsp3) is 0. The zero-order valence-corrected chi connectivity index (χ0v) is 14.9. The second-order valence-electron chi connectivity index (χ2n) is 6.20. The lowest BCUT2D eigenvalue weighted by atomic mass is 10.2. The molecule has 29 heavy (non-hydrogen) atoms. The minimum atomic E-state index is -1.07. The number of nitrogens with one attached hydrogen (secondary N) is 2. The van der Waals surface area contributed by atoms with Crippen LogP contribution in [0.25, 0.3) is 11.0 Å². The van der Waals surface area contributed by atoms with E-state index in [1.807, 2.05) is 6.07 Å². The van der Waals surface area contributed by atoms with E-state index in [1.54, 1.807) is 42.7 Å². The van der Waals surface area contributed by atoms with Gasteiger partial charge in [0.25, 0.3) is 5.91 Å². The summed E-state index contributed by atoms with van der Waals surface area (Å²) in [7, 11) is 0. The molecular formula is C21H14F2N4O2. The minimum absolute atomic E-state index is 0.0958. The van der Waals surface area contributed by atoms with Gasteiger partial charge in [0.2, 0.25) is 0 Å². The number of aromatic nitrogens is 2. The molecule has 0 aliphatic carbocycles. The molecule has 2 amide bonds. The second-order valence-corrected chi connectivity index (χ2v) is 6.20. The van der Waals surface area contributed by atoms with Crippen LogP contribution in [0.2, 0.25) is 0 Å². The Balaban J connectivity index is 1.51. The number of pyridine rings is 1. The van der Waals surface area contributed by atoms with Crippen LogP contribution in [-0.4, -0.2) is 21.5 Å². The molecule has 2 heterocycles. The standard InChI is InChI=1S/C21H14F2N4O2/c22-17-7-6-16(12-18(17)23)26-21(29)25-15-5-1-3-14(11-15)20(28)27-10-8-13-4-2-9-24-19(13)27/h1-12H,(H2,25,26,29). The molecule has 4 aromatic rings. The van der Waals surface area contributed by atoms with Gasteiger partial charge in [-0.3, -0.25) is 9.36 Å². The maximum atomic E-state index is 13.3. The maximum absolute atomic E-state index is 13.3. The fourth-order valence-electron chi connectivity index (χ4n) is 2.87. The van der Waals surface area contributed by atoms with Crippen LogP contribution in [-0.2, 0) is 0 Å². The van der Waals surface area contributed by atoms with E-state index in [2.05, 4.69) is 15.6 Å². The molecule has 0 radical (unpaired) electrons. The molecule has 8 heteroatoms. The fourth-order valence-corrected chi connectivity index (χ4v) is 2.87. The van der Waals surface area contributed by atoms with Gasteiger partial charge in [-0.25, -0.2) is 18.6 Å². The summed E-state index contributed by atoms with van der Waals surface area (Å²) in [4.78, 5) is 29.2. The lowest BCUT2D eigenvalue weighted by Crippen LogP contribution is -2.20. The van der Waals surface area contributed by atoms with Crippen molar-refractivity contribution < 1.29 is 18.4 Å². The molecule has 0 unspecified atom stereocenters. The van der Waals surface area contributed by atoms with Crippen molar-refractivity contribution in [3.63, 3.8) is 0 Å². The van der Waals surface area contributed by atoms with Crippen LogP contribution in [0.5, 0.6) is 0 Å². The Hall–Kier alpha value is -4.07. The Morgan fingerprint density at radius 1 is 0.862 bits per heavy atom. The Morgan fingerprint density at radius 2 is 1.66 bits per heavy atom. The third-order valence-corrected chi connectivity index (χ3v) is 4.21. The molecule has 0 saturated carbocycles. The van der Waals surface area contributed by atoms with Crippen molar-refractivity contribution in [3.8, 4) is 0 Å². The van der Waals surface area contributed by atoms with Crippen molar-refractivity contribution in [1.29, 1.82) is 0 Å². The van der Waals surface area contributed by atoms with E-state index in [4.69, 9.17) is 0 Å². The van der Waals surface area contributed by atoms with Gasteiger partial charge in [0.05, 0.1) is 0 Å². The Morgan fingerprint density at radius 3 is 2.45 bits per heavy atom. The van der Waals surface area contributed by atoms with Gasteiger partial charge in [-0.2, -0.15) is 0 Å². The zero-order chi connectivity index (χ0) is 20.4. The second kappa shape index (κ2) is 7.51. The first-order valence-electron chi connectivity index (χ1n) is 8.61. The summed E-state index contributed by atoms with van der Waals surface area (Å²) >= 11 is 0. The highest BCUT2D eigenvalue weighted by Crippen LogP contribution is 2.18. The first-order chi connectivity index (χ1) is 14.0. The van der Waals surface area contributed by atoms with Crippen LogP contribution in [0.1, 0.15) is 10.4 Å². The average Bonchev–Trinajstić information content (AvgIpc) is 3.14. The Kier molecular flexibility index (Phi) is 4.74. The van der Waals surface area contributed by atoms with Crippen LogP contribution in [0, 0.1) is 11.6 Å². The number of amides is 2. The molecule has 0 bridgehead atoms. The molecule has 0 saturated heterocycles. The highest BCUT2D eigenvalue weighted by atomic mass is 19.2. The predicted molar refractivity (Wildman–Crippen MR) is 105 cm³/mol. The molecule has 0 spiro atoms. The lowest BCUT2D eigenvalue weighted by molar-refractivity contribution is 0.0964. The van der Waals surface area contributed by atoms with Crippen molar-refractivity contribution >= 4 is 34.3 Å². The number of rotatable bonds is 3. The van der Waals surface area contributed by atoms with Gasteiger partial charge in [-0.15, -0.1) is 0 Å². The van der Waals surface area contributed by atoms with E-state index in [0.717, 1.165) is 17.5 Å². The summed E-state index contributed by atoms with van der Waals surface area (Å²) in [5, 5.41) is 5.80. The number of halogens is 2. The first-order valence-corrected chi connectivity index (χ1v) is 8.61. The van der Waals surface area contributed by atoms with Crippen LogP contribution >= 0.6 is 0 Å². The summed E-state index contributed by atoms with van der Waals surface area (Å²) in [5.41, 5.74) is 1.34. The molecule has 0 aliphatic heterocycles. The highest BCUT2D eigenvalue weighted by Gasteiger charge is 2.13. The van der Waals surface area contributed by atoms with Crippen molar-refractivity contribution in [1.82, 2.24) is 9.55 Å². The van der Waals surface area contributed by atoms with Crippen molar-refractivity contribution in [3.05, 3.63) is 90.3 Å². The molecule has 0 atom stereocenters. The average molecular weight is 392 g/mol. The number of hydrogen-bond acceptors (Lipinski definition) is 3. The Bertz CT molecular complexity index is 1240. The summed E-state index contributed by atoms with van der Waals surface area (Å²) < 4.78 is 27.7. The number of carbonyl (C=O) groups excluding carboxylic acids is 2. The number of carbonyl (C=O) groups is 2. The van der Waals surface area contributed by atoms with Crippen LogP contribution in [0.3, 0.4) is 0 Å². The van der Waals surface area contributed by atoms with E-state index in [-0.39, 0.29) is 11.6 Å². The third kappa shape index (κ3) is 3.81. The number of hydrogen-bond donors (Lipinski definition) is 2. The van der Waals surface area contributed by atoms with Crippen LogP contribution in [0.15, 0.2) is 73.1 Å². The maximum Gasteiger partial charge on any atom is 0.323 e. The summed E-state index contributed by atoms with van der Waals surface area (Å²) in [6, 6.07) is 14.2. The molecule has 2 aromatic heterocycles. The molecule has 0 aliphatic rings. The quantitative estimate of drug-likeness (QED) is 0.533. The molecule has 2 aromatic carbocycles. The largest absolute Gasteiger partial charge is 0.323 e. The van der Waals surface area contributed by atoms with Crippen LogP contribution < -0.4 is 10.6 Å². The van der Waals surface area contributed by atoms with Gasteiger partial charge in [0.1, 0.15) is 5.65 Å². The number of urea groups is 1. The van der Waals surface area contributed by atoms with Gasteiger partial charge in [-0.1, -0.05) is 6.07 Å². The van der Waals surface area contributed by atoms with Gasteiger partial charge in [-0.05, 0) is 48.5 Å². The number of fused-ring (bicyclic) bond motifs is 1. The van der Waals surface area contributed by atoms with E-state index >= 15 is 0 Å². The topological polar surface area (TPSA) is 76.0 Å². The summed E-state index contributed by atoms with van der Waals surface area (Å²) in [5.74, 6) is -2.37. The molecule has 0 fully saturated rings. The van der Waals surface area contributed by atoms with Gasteiger partial charge in [0, 0.05) is 40.8 Å². The van der Waals surface area contributed by atoms with Crippen molar-refractivity contribution in [2.24, 2.45) is 0 Å². The molecule has 6 nitrogen and oxygen atoms in total. The molecular weight excluding hydrogens is 378 g/mol. The van der Waals surface area contributed by atoms with Gasteiger partial charge < -0.3 is 10.6 Å². The SMILES string of the molecule is O=C(Nc1cccc(C(=O)n2ccc3cccnc32)c1)Nc1ccc(F)c(F)c1. The highest BCUT2D eigenvalue weighted by molar-refractivity contribution is 6.03. The van der Waals surface area contributed by atoms with Gasteiger partial charge >= 0.3 is 6.03 Å². The first kappa shape index (κ1) is 18.3. The van der Waals surface area contributed by atoms with E-state index < -0.39 is 17.7 Å². The zero-order valence-electron chi connectivity index (χ0n) is 14.9. The number of anilines is 2. The molecule has 144 valence electrons. The predicted octanol–water partition coefficient (Wildman–Crippen LogP) is 4.65. The van der Waals surface area contributed by atoms with Crippen molar-refractivity contribution in [2.45, 2.75) is 0 Å². The Labute approximate surface area is 163 Å². The minimum Gasteiger partial charge on any atom is -0.308 e. The number of benzene rings is 2.